The normalized spacial score (nSPS) is 14.7. The molecule has 2 nitrogen and oxygen atoms in total. The number of hydrogen-bond acceptors (Lipinski definition) is 4. The molecule has 2 aliphatic carbocycles. The first-order valence-corrected chi connectivity index (χ1v) is 43.7. The first kappa shape index (κ1) is 71.3. The van der Waals surface area contributed by atoms with Gasteiger partial charge < -0.3 is 9.80 Å². The van der Waals surface area contributed by atoms with Gasteiger partial charge >= 0.3 is 0 Å². The van der Waals surface area contributed by atoms with E-state index in [-0.39, 0.29) is 0 Å². The monoisotopic (exact) mass is 1580 g/mol. The molecule has 0 N–H and O–H groups in total. The van der Waals surface area contributed by atoms with E-state index in [0.29, 0.717) is 0 Å². The molecule has 20 aromatic carbocycles. The third-order valence-corrected chi connectivity index (χ3v) is 28.5. The second kappa shape index (κ2) is 29.0. The fraction of sp³-hybridized carbons (Fsp3) is 0.0169. The van der Waals surface area contributed by atoms with E-state index in [4.69, 9.17) is 0 Å². The van der Waals surface area contributed by atoms with E-state index in [1.165, 1.54) is 175 Å². The highest BCUT2D eigenvalue weighted by molar-refractivity contribution is 8.00. The van der Waals surface area contributed by atoms with Crippen molar-refractivity contribution in [2.75, 3.05) is 9.80 Å². The van der Waals surface area contributed by atoms with Crippen LogP contribution in [-0.2, 0) is 10.8 Å². The molecule has 570 valence electrons. The Morgan fingerprint density at radius 3 is 0.992 bits per heavy atom. The highest BCUT2D eigenvalue weighted by Gasteiger charge is 2.53. The number of benzene rings is 20. The van der Waals surface area contributed by atoms with Crippen LogP contribution < -0.4 is 9.80 Å². The van der Waals surface area contributed by atoms with E-state index in [0.717, 1.165) is 45.3 Å². The summed E-state index contributed by atoms with van der Waals surface area (Å²) in [6, 6.07) is 172. The maximum absolute atomic E-state index is 2.47. The Hall–Kier alpha value is -14.8. The summed E-state index contributed by atoms with van der Waals surface area (Å²) in [5, 5.41) is 5.02. The molecule has 24 rings (SSSR count). The maximum atomic E-state index is 2.47. The summed E-state index contributed by atoms with van der Waals surface area (Å²) >= 11 is 3.82. The molecule has 0 bridgehead atoms. The first-order chi connectivity index (χ1) is 60.5. The van der Waals surface area contributed by atoms with Crippen molar-refractivity contribution in [2.24, 2.45) is 0 Å². The average molecular weight is 1590 g/mol. The van der Waals surface area contributed by atoms with Crippen LogP contribution in [0.5, 0.6) is 0 Å². The number of rotatable bonds is 13. The molecule has 2 atom stereocenters. The van der Waals surface area contributed by atoms with E-state index in [9.17, 15) is 0 Å². The maximum Gasteiger partial charge on any atom is 0.0735 e. The van der Waals surface area contributed by atoms with Gasteiger partial charge in [0.25, 0.3) is 0 Å². The molecule has 122 heavy (non-hydrogen) atoms. The molecule has 4 aliphatic rings. The largest absolute Gasteiger partial charge is 0.311 e. The molecule has 0 amide bonds. The minimum Gasteiger partial charge on any atom is -0.311 e. The van der Waals surface area contributed by atoms with Crippen LogP contribution in [0.2, 0.25) is 0 Å². The van der Waals surface area contributed by atoms with Gasteiger partial charge in [-0.3, -0.25) is 0 Å². The van der Waals surface area contributed by atoms with Crippen LogP contribution in [0.25, 0.3) is 122 Å². The minimum absolute atomic E-state index is 0.501. The molecule has 0 radical (unpaired) electrons. The van der Waals surface area contributed by atoms with Crippen molar-refractivity contribution >= 4 is 79.2 Å². The van der Waals surface area contributed by atoms with Gasteiger partial charge in [-0.15, -0.1) is 0 Å². The Bertz CT molecular complexity index is 7530. The molecule has 0 saturated carbocycles. The van der Waals surface area contributed by atoms with Crippen molar-refractivity contribution in [2.45, 2.75) is 30.4 Å². The van der Waals surface area contributed by atoms with E-state index in [2.05, 4.69) is 471 Å². The zero-order chi connectivity index (χ0) is 80.4. The predicted octanol–water partition coefficient (Wildman–Crippen LogP) is 32.3. The van der Waals surface area contributed by atoms with Gasteiger partial charge in [0.05, 0.1) is 16.5 Å². The van der Waals surface area contributed by atoms with Gasteiger partial charge in [-0.2, -0.15) is 0 Å². The van der Waals surface area contributed by atoms with Crippen LogP contribution in [-0.4, -0.2) is 0 Å². The Kier molecular flexibility index (Phi) is 17.0. The fourth-order valence-electron chi connectivity index (χ4n) is 20.6. The van der Waals surface area contributed by atoms with E-state index in [1.54, 1.807) is 0 Å². The topological polar surface area (TPSA) is 6.48 Å². The summed E-state index contributed by atoms with van der Waals surface area (Å²) in [5.74, 6) is 0. The third-order valence-electron chi connectivity index (χ3n) is 26.0. The molecule has 2 heterocycles. The molecule has 0 fully saturated rings. The zero-order valence-corrected chi connectivity index (χ0v) is 68.2. The third kappa shape index (κ3) is 11.3. The second-order valence-electron chi connectivity index (χ2n) is 32.4. The second-order valence-corrected chi connectivity index (χ2v) is 34.5. The standard InChI is InChI=1S/C118H76N2S2/c1-4-25-77(26-5-1)79-51-63-90(64-52-79)119(92-69-57-84(58-70-92)97-38-23-44-108-115(97)121-111-47-20-17-42-104(111)117(108)102-40-15-12-36-99(102)113-96-35-11-10-31-83(96)61-73-106(113)117)91-65-55-81(56-66-91)87-32-22-33-88(75-87)89-50-49-86-62-74-107-114(101(86)76-89)100-37-13-16-41-103(100)118(107)105-43-18-21-48-112(105)122-116-98(39-24-45-109(116)118)85-59-71-94(72-60-85)120(93-67-53-80(54-68-93)78-27-6-2-7-28-78)110-46-19-14-34-95(110)82-29-8-3-9-30-82/h1-76H. The summed E-state index contributed by atoms with van der Waals surface area (Å²) in [4.78, 5) is 9.95. The van der Waals surface area contributed by atoms with Crippen molar-refractivity contribution < 1.29 is 0 Å². The Morgan fingerprint density at radius 2 is 0.484 bits per heavy atom. The summed E-state index contributed by atoms with van der Waals surface area (Å²) in [7, 11) is 0. The SMILES string of the molecule is c1ccc(-c2ccc(N(c3ccc(-c4cccc(-c5ccc6ccc7c(c6c5)-c5ccccc5C75c6ccccc6Sc6c(-c7ccc(N(c8ccc(-c9ccccc9)cc8)c8ccccc8-c8ccccc8)cc7)cccc65)c4)cc3)c3ccc(-c4cccc5c4Sc4ccccc4C54c5ccccc5-c5c4ccc4ccccc54)cc3)cc2)cc1. The quantitative estimate of drug-likeness (QED) is 0.113. The van der Waals surface area contributed by atoms with Crippen LogP contribution in [0, 0.1) is 0 Å². The van der Waals surface area contributed by atoms with E-state index >= 15 is 0 Å². The lowest BCUT2D eigenvalue weighted by molar-refractivity contribution is 0.724. The van der Waals surface area contributed by atoms with Crippen LogP contribution in [0.4, 0.5) is 34.1 Å². The molecule has 0 saturated heterocycles. The average Bonchev–Trinajstić information content (AvgIpc) is 1.49. The Labute approximate surface area is 719 Å². The van der Waals surface area contributed by atoms with Crippen LogP contribution >= 0.6 is 23.5 Å². The molecule has 2 unspecified atom stereocenters. The Balaban J connectivity index is 0.572. The summed E-state index contributed by atoms with van der Waals surface area (Å²) in [6.45, 7) is 0. The van der Waals surface area contributed by atoms with Crippen LogP contribution in [0.3, 0.4) is 0 Å². The van der Waals surface area contributed by atoms with Gasteiger partial charge in [-0.1, -0.05) is 394 Å². The van der Waals surface area contributed by atoms with E-state index in [1.807, 2.05) is 23.5 Å². The number of hydrogen-bond donors (Lipinski definition) is 0. The van der Waals surface area contributed by atoms with Crippen molar-refractivity contribution in [3.63, 3.8) is 0 Å². The first-order valence-electron chi connectivity index (χ1n) is 42.1. The molecular weight excluding hydrogens is 1510 g/mol. The molecule has 4 heteroatoms. The van der Waals surface area contributed by atoms with Crippen molar-refractivity contribution in [3.8, 4) is 100 Å². The zero-order valence-electron chi connectivity index (χ0n) is 66.6. The van der Waals surface area contributed by atoms with Gasteiger partial charge in [0.2, 0.25) is 0 Å². The summed E-state index contributed by atoms with van der Waals surface area (Å²) in [6.07, 6.45) is 0. The highest BCUT2D eigenvalue weighted by Crippen LogP contribution is 2.67. The van der Waals surface area contributed by atoms with Gasteiger partial charge in [-0.05, 0) is 252 Å². The van der Waals surface area contributed by atoms with Gasteiger partial charge in [0.1, 0.15) is 0 Å². The molecule has 20 aromatic rings. The number of nitrogens with zero attached hydrogens (tertiary/aromatic N) is 2. The lowest BCUT2D eigenvalue weighted by Crippen LogP contribution is -2.32. The molecule has 2 aliphatic heterocycles. The van der Waals surface area contributed by atoms with Gasteiger partial charge in [0.15, 0.2) is 0 Å². The number of para-hydroxylation sites is 1. The van der Waals surface area contributed by atoms with E-state index < -0.39 is 10.8 Å². The van der Waals surface area contributed by atoms with Crippen LogP contribution in [0.15, 0.2) is 481 Å². The van der Waals surface area contributed by atoms with Crippen LogP contribution in [0.1, 0.15) is 44.5 Å². The molecule has 2 spiro atoms. The summed E-state index contributed by atoms with van der Waals surface area (Å²) in [5.41, 5.74) is 37.8. The number of fused-ring (bicyclic) bond motifs is 22. The van der Waals surface area contributed by atoms with Gasteiger partial charge in [-0.25, -0.2) is 0 Å². The number of anilines is 6. The Morgan fingerprint density at radius 1 is 0.172 bits per heavy atom. The van der Waals surface area contributed by atoms with Crippen molar-refractivity contribution in [1.29, 1.82) is 0 Å². The summed E-state index contributed by atoms with van der Waals surface area (Å²) < 4.78 is 0. The fourth-order valence-corrected chi connectivity index (χ4v) is 23.2. The molecular formula is C118H76N2S2. The van der Waals surface area contributed by atoms with Crippen molar-refractivity contribution in [3.05, 3.63) is 506 Å². The van der Waals surface area contributed by atoms with Gasteiger partial charge in [0, 0.05) is 53.6 Å². The minimum atomic E-state index is -0.600. The molecule has 0 aromatic heterocycles. The lowest BCUT2D eigenvalue weighted by atomic mass is 9.67. The highest BCUT2D eigenvalue weighted by atomic mass is 32.2. The lowest BCUT2D eigenvalue weighted by Gasteiger charge is -2.40. The van der Waals surface area contributed by atoms with Crippen molar-refractivity contribution in [1.82, 2.24) is 0 Å². The smallest absolute Gasteiger partial charge is 0.0735 e. The predicted molar refractivity (Wildman–Crippen MR) is 512 cm³/mol.